The Morgan fingerprint density at radius 1 is 1.13 bits per heavy atom. The van der Waals surface area contributed by atoms with Crippen molar-refractivity contribution < 1.29 is 0 Å². The van der Waals surface area contributed by atoms with Gasteiger partial charge in [0.1, 0.15) is 0 Å². The third-order valence-electron chi connectivity index (χ3n) is 2.54. The Kier molecular flexibility index (Phi) is 2.55. The lowest BCUT2D eigenvalue weighted by atomic mass is 9.92. The number of allylic oxidation sites excluding steroid dienone is 4. The van der Waals surface area contributed by atoms with Gasteiger partial charge in [-0.1, -0.05) is 30.3 Å². The summed E-state index contributed by atoms with van der Waals surface area (Å²) in [7, 11) is 0. The molecule has 0 saturated heterocycles. The molecule has 0 bridgehead atoms. The number of rotatable bonds is 1. The molecule has 2 nitrogen and oxygen atoms in total. The highest BCUT2D eigenvalue weighted by Gasteiger charge is 2.12. The van der Waals surface area contributed by atoms with Crippen LogP contribution in [-0.4, -0.2) is 0 Å². The molecule has 0 radical (unpaired) electrons. The number of nitrogens with two attached hydrogens (primary N) is 1. The van der Waals surface area contributed by atoms with Crippen molar-refractivity contribution in [3.05, 3.63) is 53.2 Å². The van der Waals surface area contributed by atoms with Crippen molar-refractivity contribution in [1.29, 1.82) is 5.26 Å². The zero-order chi connectivity index (χ0) is 10.7. The minimum Gasteiger partial charge on any atom is -0.402 e. The van der Waals surface area contributed by atoms with E-state index in [1.54, 1.807) is 0 Å². The topological polar surface area (TPSA) is 49.8 Å². The van der Waals surface area contributed by atoms with Crippen LogP contribution < -0.4 is 5.73 Å². The Bertz CT molecular complexity index is 461. The van der Waals surface area contributed by atoms with E-state index in [2.05, 4.69) is 6.07 Å². The molecular formula is C13H12N2. The monoisotopic (exact) mass is 196 g/mol. The van der Waals surface area contributed by atoms with Gasteiger partial charge in [-0.05, 0) is 30.1 Å². The molecule has 15 heavy (non-hydrogen) atoms. The number of benzene rings is 1. The van der Waals surface area contributed by atoms with Crippen LogP contribution in [0.25, 0.3) is 5.57 Å². The maximum atomic E-state index is 9.03. The Balaban J connectivity index is 2.51. The quantitative estimate of drug-likeness (QED) is 0.750. The van der Waals surface area contributed by atoms with Crippen LogP contribution in [0.1, 0.15) is 18.4 Å². The molecule has 74 valence electrons. The third kappa shape index (κ3) is 1.92. The first-order valence-electron chi connectivity index (χ1n) is 4.96. The lowest BCUT2D eigenvalue weighted by molar-refractivity contribution is 0.920. The van der Waals surface area contributed by atoms with Gasteiger partial charge in [-0.25, -0.2) is 0 Å². The van der Waals surface area contributed by atoms with Crippen LogP contribution in [0.2, 0.25) is 0 Å². The maximum Gasteiger partial charge on any atom is 0.0953 e. The van der Waals surface area contributed by atoms with Crippen LogP contribution in [0.15, 0.2) is 47.7 Å². The van der Waals surface area contributed by atoms with Crippen molar-refractivity contribution in [2.75, 3.05) is 0 Å². The van der Waals surface area contributed by atoms with E-state index in [0.29, 0.717) is 0 Å². The van der Waals surface area contributed by atoms with Crippen molar-refractivity contribution >= 4 is 5.57 Å². The van der Waals surface area contributed by atoms with Crippen LogP contribution in [0.5, 0.6) is 0 Å². The van der Waals surface area contributed by atoms with E-state index in [0.717, 1.165) is 35.2 Å². The number of hydrogen-bond acceptors (Lipinski definition) is 2. The summed E-state index contributed by atoms with van der Waals surface area (Å²) in [6, 6.07) is 12.2. The minimum absolute atomic E-state index is 0.753. The minimum atomic E-state index is 0.753. The Labute approximate surface area is 89.3 Å². The molecule has 2 rings (SSSR count). The van der Waals surface area contributed by atoms with Gasteiger partial charge >= 0.3 is 0 Å². The Hall–Kier alpha value is -2.01. The zero-order valence-electron chi connectivity index (χ0n) is 8.40. The van der Waals surface area contributed by atoms with E-state index in [1.165, 1.54) is 0 Å². The van der Waals surface area contributed by atoms with Crippen molar-refractivity contribution in [3.63, 3.8) is 0 Å². The molecule has 0 spiro atoms. The van der Waals surface area contributed by atoms with Gasteiger partial charge in [-0.2, -0.15) is 5.26 Å². The lowest BCUT2D eigenvalue weighted by Crippen LogP contribution is -2.04. The first-order valence-corrected chi connectivity index (χ1v) is 4.96. The lowest BCUT2D eigenvalue weighted by Gasteiger charge is -2.13. The van der Waals surface area contributed by atoms with Crippen molar-refractivity contribution in [2.45, 2.75) is 12.8 Å². The van der Waals surface area contributed by atoms with Crippen LogP contribution in [0, 0.1) is 11.3 Å². The van der Waals surface area contributed by atoms with Crippen molar-refractivity contribution in [3.8, 4) is 6.07 Å². The predicted octanol–water partition coefficient (Wildman–Crippen LogP) is 2.60. The number of hydrogen-bond donors (Lipinski definition) is 1. The summed E-state index contributed by atoms with van der Waals surface area (Å²) in [4.78, 5) is 0. The maximum absolute atomic E-state index is 9.03. The van der Waals surface area contributed by atoms with Crippen LogP contribution in [0.3, 0.4) is 0 Å². The summed E-state index contributed by atoms with van der Waals surface area (Å²) < 4.78 is 0. The van der Waals surface area contributed by atoms with Gasteiger partial charge in [0.15, 0.2) is 0 Å². The standard InChI is InChI=1S/C13H12N2/c14-9-11-6-7-12(15)8-13(11)10-4-2-1-3-5-10/h1-5,8H,6-7,15H2. The van der Waals surface area contributed by atoms with Gasteiger partial charge in [0.2, 0.25) is 0 Å². The van der Waals surface area contributed by atoms with E-state index in [4.69, 9.17) is 11.0 Å². The van der Waals surface area contributed by atoms with Gasteiger partial charge in [0.05, 0.1) is 6.07 Å². The van der Waals surface area contributed by atoms with Crippen molar-refractivity contribution in [1.82, 2.24) is 0 Å². The molecule has 2 heteroatoms. The molecule has 1 aromatic rings. The average Bonchev–Trinajstić information content (AvgIpc) is 2.30. The SMILES string of the molecule is N#CC1=C(c2ccccc2)C=C(N)CC1. The summed E-state index contributed by atoms with van der Waals surface area (Å²) in [6.07, 6.45) is 3.46. The van der Waals surface area contributed by atoms with Gasteiger partial charge in [0, 0.05) is 11.3 Å². The van der Waals surface area contributed by atoms with Gasteiger partial charge in [-0.15, -0.1) is 0 Å². The Morgan fingerprint density at radius 3 is 2.53 bits per heavy atom. The summed E-state index contributed by atoms with van der Waals surface area (Å²) in [5, 5.41) is 9.03. The first kappa shape index (κ1) is 9.54. The van der Waals surface area contributed by atoms with Gasteiger partial charge in [0.25, 0.3) is 0 Å². The van der Waals surface area contributed by atoms with E-state index >= 15 is 0 Å². The molecule has 2 N–H and O–H groups in total. The second-order valence-corrected chi connectivity index (χ2v) is 3.59. The van der Waals surface area contributed by atoms with E-state index in [9.17, 15) is 0 Å². The number of nitriles is 1. The summed E-state index contributed by atoms with van der Waals surface area (Å²) in [6.45, 7) is 0. The third-order valence-corrected chi connectivity index (χ3v) is 2.54. The first-order chi connectivity index (χ1) is 7.31. The van der Waals surface area contributed by atoms with Crippen LogP contribution in [0.4, 0.5) is 0 Å². The molecule has 0 amide bonds. The molecule has 0 aromatic heterocycles. The Morgan fingerprint density at radius 2 is 1.87 bits per heavy atom. The fourth-order valence-corrected chi connectivity index (χ4v) is 1.74. The molecule has 1 aromatic carbocycles. The molecular weight excluding hydrogens is 184 g/mol. The highest BCUT2D eigenvalue weighted by molar-refractivity contribution is 5.80. The molecule has 0 aliphatic heterocycles. The molecule has 0 saturated carbocycles. The van der Waals surface area contributed by atoms with Gasteiger partial charge in [-0.3, -0.25) is 0 Å². The summed E-state index contributed by atoms with van der Waals surface area (Å²) >= 11 is 0. The van der Waals surface area contributed by atoms with Crippen molar-refractivity contribution in [2.24, 2.45) is 5.73 Å². The van der Waals surface area contributed by atoms with E-state index in [-0.39, 0.29) is 0 Å². The molecule has 1 aliphatic carbocycles. The molecule has 0 atom stereocenters. The average molecular weight is 196 g/mol. The second-order valence-electron chi connectivity index (χ2n) is 3.59. The predicted molar refractivity (Wildman–Crippen MR) is 60.5 cm³/mol. The molecule has 0 fully saturated rings. The second kappa shape index (κ2) is 4.02. The van der Waals surface area contributed by atoms with E-state index in [1.807, 2.05) is 36.4 Å². The number of nitrogens with zero attached hydrogens (tertiary/aromatic N) is 1. The van der Waals surface area contributed by atoms with Gasteiger partial charge < -0.3 is 5.73 Å². The highest BCUT2D eigenvalue weighted by Crippen LogP contribution is 2.28. The molecule has 0 unspecified atom stereocenters. The van der Waals surface area contributed by atoms with Crippen LogP contribution in [-0.2, 0) is 0 Å². The fourth-order valence-electron chi connectivity index (χ4n) is 1.74. The smallest absolute Gasteiger partial charge is 0.0953 e. The fraction of sp³-hybridized carbons (Fsp3) is 0.154. The zero-order valence-corrected chi connectivity index (χ0v) is 8.40. The summed E-state index contributed by atoms with van der Waals surface area (Å²) in [5.41, 5.74) is 9.52. The van der Waals surface area contributed by atoms with E-state index < -0.39 is 0 Å². The summed E-state index contributed by atoms with van der Waals surface area (Å²) in [5.74, 6) is 0. The normalized spacial score (nSPS) is 15.8. The van der Waals surface area contributed by atoms with Crippen LogP contribution >= 0.6 is 0 Å². The molecule has 1 aliphatic rings. The largest absolute Gasteiger partial charge is 0.402 e. The highest BCUT2D eigenvalue weighted by atomic mass is 14.6. The molecule has 0 heterocycles.